The van der Waals surface area contributed by atoms with E-state index in [0.717, 1.165) is 60.8 Å². The minimum Gasteiger partial charge on any atom is -0.267 e. The minimum atomic E-state index is -3.68. The lowest BCUT2D eigenvalue weighted by molar-refractivity contribution is 0.0947. The Hall–Kier alpha value is -4.24. The molecule has 0 unspecified atom stereocenters. The smallest absolute Gasteiger partial charge is 0.267 e. The monoisotopic (exact) mass is 692 g/mol. The van der Waals surface area contributed by atoms with E-state index < -0.39 is 31.9 Å². The van der Waals surface area contributed by atoms with Gasteiger partial charge in [-0.3, -0.25) is 9.59 Å². The number of carbonyl (C=O) groups excluding carboxylic acids is 2. The average molecular weight is 693 g/mol. The molecule has 0 saturated carbocycles. The largest absolute Gasteiger partial charge is 0.271 e. The number of rotatable bonds is 10. The van der Waals surface area contributed by atoms with Crippen LogP contribution in [0.4, 0.5) is 0 Å². The van der Waals surface area contributed by atoms with Crippen molar-refractivity contribution in [2.75, 3.05) is 26.2 Å². The SMILES string of the molecule is Cc1cc(C=NNC(=O)c2cccc(S(=O)(=O)N3CCCCC3)c2)c(C)cc1C=NNC(=O)c1cccc(S(=O)(=O)N2CCCCC2)c1. The topological polar surface area (TPSA) is 158 Å². The molecule has 12 nitrogen and oxygen atoms in total. The number of nitrogens with one attached hydrogen (secondary N) is 2. The molecular formula is C34H40N6O6S2. The van der Waals surface area contributed by atoms with Gasteiger partial charge in [-0.15, -0.1) is 0 Å². The lowest BCUT2D eigenvalue weighted by atomic mass is 10.0. The number of carbonyl (C=O) groups is 2. The van der Waals surface area contributed by atoms with Crippen LogP contribution >= 0.6 is 0 Å². The van der Waals surface area contributed by atoms with Crippen molar-refractivity contribution in [1.29, 1.82) is 0 Å². The second-order valence-electron chi connectivity index (χ2n) is 11.9. The zero-order chi connectivity index (χ0) is 34.3. The Bertz CT molecular complexity index is 1810. The number of piperidine rings is 2. The van der Waals surface area contributed by atoms with Crippen LogP contribution in [0.15, 0.2) is 80.7 Å². The lowest BCUT2D eigenvalue weighted by Crippen LogP contribution is -2.35. The molecule has 0 aliphatic carbocycles. The summed E-state index contributed by atoms with van der Waals surface area (Å²) in [5.41, 5.74) is 8.44. The van der Waals surface area contributed by atoms with E-state index in [1.165, 1.54) is 57.4 Å². The summed E-state index contributed by atoms with van der Waals surface area (Å²) < 4.78 is 55.0. The van der Waals surface area contributed by atoms with E-state index in [4.69, 9.17) is 0 Å². The average Bonchev–Trinajstić information content (AvgIpc) is 3.10. The van der Waals surface area contributed by atoms with Gasteiger partial charge >= 0.3 is 0 Å². The maximum absolute atomic E-state index is 13.0. The van der Waals surface area contributed by atoms with E-state index in [9.17, 15) is 26.4 Å². The van der Waals surface area contributed by atoms with Gasteiger partial charge < -0.3 is 0 Å². The minimum absolute atomic E-state index is 0.0789. The number of nitrogens with zero attached hydrogens (tertiary/aromatic N) is 4. The highest BCUT2D eigenvalue weighted by atomic mass is 32.2. The van der Waals surface area contributed by atoms with Crippen LogP contribution in [0.2, 0.25) is 0 Å². The lowest BCUT2D eigenvalue weighted by Gasteiger charge is -2.25. The van der Waals surface area contributed by atoms with Crippen LogP contribution in [0.1, 0.15) is 81.5 Å². The zero-order valence-corrected chi connectivity index (χ0v) is 28.7. The summed E-state index contributed by atoms with van der Waals surface area (Å²) in [5.74, 6) is -1.07. The fraction of sp³-hybridized carbons (Fsp3) is 0.353. The molecule has 3 aromatic rings. The van der Waals surface area contributed by atoms with Crippen molar-refractivity contribution in [3.05, 3.63) is 94.0 Å². The molecule has 5 rings (SSSR count). The van der Waals surface area contributed by atoms with Crippen LogP contribution in [-0.4, -0.2) is 75.9 Å². The highest BCUT2D eigenvalue weighted by molar-refractivity contribution is 7.89. The highest BCUT2D eigenvalue weighted by Crippen LogP contribution is 2.23. The molecule has 2 aliphatic heterocycles. The third kappa shape index (κ3) is 8.24. The van der Waals surface area contributed by atoms with Gasteiger partial charge in [0.05, 0.1) is 22.2 Å². The molecule has 2 saturated heterocycles. The molecule has 2 fully saturated rings. The Kier molecular flexibility index (Phi) is 11.2. The molecular weight excluding hydrogens is 653 g/mol. The van der Waals surface area contributed by atoms with Gasteiger partial charge in [0.15, 0.2) is 0 Å². The first kappa shape index (κ1) is 35.1. The van der Waals surface area contributed by atoms with Gasteiger partial charge in [-0.2, -0.15) is 18.8 Å². The highest BCUT2D eigenvalue weighted by Gasteiger charge is 2.27. The van der Waals surface area contributed by atoms with Crippen molar-refractivity contribution >= 4 is 44.3 Å². The van der Waals surface area contributed by atoms with Gasteiger partial charge in [-0.05, 0) is 110 Å². The number of hydrazone groups is 2. The predicted octanol–water partition coefficient (Wildman–Crippen LogP) is 4.18. The fourth-order valence-corrected chi connectivity index (χ4v) is 8.82. The summed E-state index contributed by atoms with van der Waals surface area (Å²) in [6.45, 7) is 5.63. The maximum atomic E-state index is 13.0. The molecule has 3 aromatic carbocycles. The van der Waals surface area contributed by atoms with Gasteiger partial charge in [-0.25, -0.2) is 27.7 Å². The van der Waals surface area contributed by atoms with E-state index in [0.29, 0.717) is 26.2 Å². The molecule has 2 N–H and O–H groups in total. The first-order chi connectivity index (χ1) is 23.0. The van der Waals surface area contributed by atoms with E-state index in [2.05, 4.69) is 21.1 Å². The van der Waals surface area contributed by atoms with Gasteiger partial charge in [0, 0.05) is 37.3 Å². The Morgan fingerprint density at radius 1 is 0.604 bits per heavy atom. The van der Waals surface area contributed by atoms with Crippen LogP contribution in [-0.2, 0) is 20.0 Å². The standard InChI is InChI=1S/C34H40N6O6S2/c1-25-19-30(24-36-38-34(42)28-12-10-14-32(22-28)48(45,46)40-17-7-4-8-18-40)26(2)20-29(25)23-35-37-33(41)27-11-9-13-31(21-27)47(43,44)39-15-5-3-6-16-39/h9-14,19-24H,3-8,15-18H2,1-2H3,(H,37,41)(H,38,42). The van der Waals surface area contributed by atoms with Gasteiger partial charge in [0.2, 0.25) is 20.0 Å². The van der Waals surface area contributed by atoms with E-state index in [-0.39, 0.29) is 20.9 Å². The normalized spacial score (nSPS) is 16.7. The van der Waals surface area contributed by atoms with Crippen molar-refractivity contribution in [2.24, 2.45) is 10.2 Å². The molecule has 2 aliphatic rings. The fourth-order valence-electron chi connectivity index (χ4n) is 5.69. The summed E-state index contributed by atoms with van der Waals surface area (Å²) in [6, 6.07) is 15.6. The molecule has 0 aromatic heterocycles. The van der Waals surface area contributed by atoms with E-state index in [1.807, 2.05) is 26.0 Å². The van der Waals surface area contributed by atoms with Crippen molar-refractivity contribution in [2.45, 2.75) is 62.2 Å². The summed E-state index contributed by atoms with van der Waals surface area (Å²) in [6.07, 6.45) is 8.30. The summed E-state index contributed by atoms with van der Waals surface area (Å²) in [5, 5.41) is 8.17. The molecule has 0 bridgehead atoms. The van der Waals surface area contributed by atoms with Crippen LogP contribution in [0.25, 0.3) is 0 Å². The molecule has 0 atom stereocenters. The number of hydrogen-bond donors (Lipinski definition) is 2. The summed E-state index contributed by atoms with van der Waals surface area (Å²) in [4.78, 5) is 25.7. The quantitative estimate of drug-likeness (QED) is 0.240. The Morgan fingerprint density at radius 2 is 0.979 bits per heavy atom. The van der Waals surface area contributed by atoms with Gasteiger partial charge in [-0.1, -0.05) is 25.0 Å². The Morgan fingerprint density at radius 3 is 1.35 bits per heavy atom. The van der Waals surface area contributed by atoms with Gasteiger partial charge in [0.1, 0.15) is 0 Å². The molecule has 14 heteroatoms. The van der Waals surface area contributed by atoms with E-state index >= 15 is 0 Å². The second-order valence-corrected chi connectivity index (χ2v) is 15.8. The van der Waals surface area contributed by atoms with E-state index in [1.54, 1.807) is 12.1 Å². The van der Waals surface area contributed by atoms with Crippen molar-refractivity contribution in [1.82, 2.24) is 19.5 Å². The van der Waals surface area contributed by atoms with Crippen LogP contribution < -0.4 is 10.9 Å². The number of benzene rings is 3. The molecule has 0 radical (unpaired) electrons. The second kappa shape index (κ2) is 15.3. The first-order valence-electron chi connectivity index (χ1n) is 16.0. The first-order valence-corrected chi connectivity index (χ1v) is 18.8. The zero-order valence-electron chi connectivity index (χ0n) is 27.1. The van der Waals surface area contributed by atoms with Crippen molar-refractivity contribution < 1.29 is 26.4 Å². The third-order valence-corrected chi connectivity index (χ3v) is 12.3. The number of hydrogen-bond acceptors (Lipinski definition) is 8. The predicted molar refractivity (Wildman–Crippen MR) is 184 cm³/mol. The molecule has 2 heterocycles. The molecule has 254 valence electrons. The summed E-state index contributed by atoms with van der Waals surface area (Å²) >= 11 is 0. The molecule has 2 amide bonds. The summed E-state index contributed by atoms with van der Waals surface area (Å²) in [7, 11) is -7.35. The van der Waals surface area contributed by atoms with Crippen molar-refractivity contribution in [3.63, 3.8) is 0 Å². The molecule has 0 spiro atoms. The number of sulfonamides is 2. The Balaban J connectivity index is 1.19. The number of aryl methyl sites for hydroxylation is 2. The van der Waals surface area contributed by atoms with Crippen LogP contribution in [0, 0.1) is 13.8 Å². The maximum Gasteiger partial charge on any atom is 0.271 e. The van der Waals surface area contributed by atoms with Crippen LogP contribution in [0.3, 0.4) is 0 Å². The van der Waals surface area contributed by atoms with Crippen molar-refractivity contribution in [3.8, 4) is 0 Å². The van der Waals surface area contributed by atoms with Gasteiger partial charge in [0.25, 0.3) is 11.8 Å². The third-order valence-electron chi connectivity index (χ3n) is 8.49. The molecule has 48 heavy (non-hydrogen) atoms. The van der Waals surface area contributed by atoms with Crippen LogP contribution in [0.5, 0.6) is 0 Å². The number of amides is 2. The Labute approximate surface area is 282 Å².